The molecule has 8 heteroatoms. The van der Waals surface area contributed by atoms with Gasteiger partial charge in [-0.05, 0) is 30.3 Å². The molecule has 0 saturated heterocycles. The Bertz CT molecular complexity index is 689. The van der Waals surface area contributed by atoms with Crippen molar-refractivity contribution in [2.24, 2.45) is 0 Å². The highest BCUT2D eigenvalue weighted by atomic mass is 35.5. The predicted molar refractivity (Wildman–Crippen MR) is 68.5 cm³/mol. The van der Waals surface area contributed by atoms with Crippen LogP contribution in [0.1, 0.15) is 5.56 Å². The van der Waals surface area contributed by atoms with Crippen LogP contribution in [-0.2, 0) is 6.18 Å². The van der Waals surface area contributed by atoms with E-state index in [1.807, 2.05) is 0 Å². The molecule has 0 fully saturated rings. The molecular formula is C13H6ClF3NO3. The second-order valence-electron chi connectivity index (χ2n) is 3.89. The largest absolute Gasteiger partial charge is 0.449 e. The molecule has 0 atom stereocenters. The maximum atomic E-state index is 12.5. The van der Waals surface area contributed by atoms with Crippen LogP contribution in [0.4, 0.5) is 18.9 Å². The number of hydrogen-bond donors (Lipinski definition) is 0. The van der Waals surface area contributed by atoms with E-state index >= 15 is 0 Å². The van der Waals surface area contributed by atoms with Crippen molar-refractivity contribution in [1.82, 2.24) is 0 Å². The van der Waals surface area contributed by atoms with Crippen LogP contribution in [0, 0.1) is 16.2 Å². The third kappa shape index (κ3) is 3.43. The topological polar surface area (TPSA) is 52.4 Å². The fourth-order valence-corrected chi connectivity index (χ4v) is 1.74. The van der Waals surface area contributed by atoms with E-state index in [0.717, 1.165) is 12.1 Å². The molecule has 0 bridgehead atoms. The number of halogens is 4. The fourth-order valence-electron chi connectivity index (χ4n) is 1.52. The minimum atomic E-state index is -4.53. The van der Waals surface area contributed by atoms with Crippen molar-refractivity contribution >= 4 is 17.3 Å². The first-order valence-electron chi connectivity index (χ1n) is 5.48. The molecule has 0 N–H and O–H groups in total. The van der Waals surface area contributed by atoms with Crippen molar-refractivity contribution in [3.63, 3.8) is 0 Å². The normalized spacial score (nSPS) is 11.2. The predicted octanol–water partition coefficient (Wildman–Crippen LogP) is 4.86. The van der Waals surface area contributed by atoms with Crippen molar-refractivity contribution < 1.29 is 22.8 Å². The summed E-state index contributed by atoms with van der Waals surface area (Å²) in [4.78, 5) is 10.1. The van der Waals surface area contributed by atoms with Gasteiger partial charge >= 0.3 is 11.9 Å². The smallest absolute Gasteiger partial charge is 0.416 e. The minimum absolute atomic E-state index is 0.118. The highest BCUT2D eigenvalue weighted by Crippen LogP contribution is 2.38. The quantitative estimate of drug-likeness (QED) is 0.600. The molecule has 4 nitrogen and oxygen atoms in total. The Morgan fingerprint density at radius 3 is 2.52 bits per heavy atom. The summed E-state index contributed by atoms with van der Waals surface area (Å²) in [5, 5.41) is 10.5. The molecular weight excluding hydrogens is 311 g/mol. The zero-order chi connectivity index (χ0) is 15.6. The van der Waals surface area contributed by atoms with E-state index in [4.69, 9.17) is 16.3 Å². The highest BCUT2D eigenvalue weighted by Gasteiger charge is 2.31. The summed E-state index contributed by atoms with van der Waals surface area (Å²) in [6, 6.07) is 8.89. The molecule has 0 aliphatic carbocycles. The van der Waals surface area contributed by atoms with Gasteiger partial charge in [-0.3, -0.25) is 10.1 Å². The summed E-state index contributed by atoms with van der Waals surface area (Å²) in [7, 11) is 0. The molecule has 109 valence electrons. The number of nitro benzene ring substituents is 1. The molecule has 0 aromatic heterocycles. The van der Waals surface area contributed by atoms with E-state index in [1.165, 1.54) is 18.2 Å². The number of para-hydroxylation sites is 1. The van der Waals surface area contributed by atoms with E-state index in [-0.39, 0.29) is 16.5 Å². The molecule has 0 unspecified atom stereocenters. The van der Waals surface area contributed by atoms with Gasteiger partial charge in [-0.2, -0.15) is 13.2 Å². The highest BCUT2D eigenvalue weighted by molar-refractivity contribution is 6.32. The zero-order valence-electron chi connectivity index (χ0n) is 10.1. The van der Waals surface area contributed by atoms with Crippen LogP contribution in [0.3, 0.4) is 0 Å². The van der Waals surface area contributed by atoms with Crippen LogP contribution >= 0.6 is 11.6 Å². The first-order valence-corrected chi connectivity index (χ1v) is 5.86. The first-order chi connectivity index (χ1) is 9.79. The second-order valence-corrected chi connectivity index (χ2v) is 4.29. The van der Waals surface area contributed by atoms with E-state index in [2.05, 4.69) is 6.07 Å². The van der Waals surface area contributed by atoms with E-state index in [0.29, 0.717) is 6.07 Å². The lowest BCUT2D eigenvalue weighted by Gasteiger charge is -2.11. The van der Waals surface area contributed by atoms with Crippen LogP contribution in [-0.4, -0.2) is 4.92 Å². The molecule has 2 aromatic carbocycles. The fraction of sp³-hybridized carbons (Fsp3) is 0.0769. The Labute approximate surface area is 121 Å². The summed E-state index contributed by atoms with van der Waals surface area (Å²) >= 11 is 5.71. The lowest BCUT2D eigenvalue weighted by atomic mass is 10.2. The summed E-state index contributed by atoms with van der Waals surface area (Å²) in [6.45, 7) is 0. The molecule has 2 aromatic rings. The van der Waals surface area contributed by atoms with Crippen molar-refractivity contribution in [3.05, 3.63) is 63.2 Å². The van der Waals surface area contributed by atoms with Gasteiger partial charge in [0.2, 0.25) is 5.75 Å². The second kappa shape index (κ2) is 5.61. The van der Waals surface area contributed by atoms with Crippen molar-refractivity contribution in [2.45, 2.75) is 6.18 Å². The molecule has 21 heavy (non-hydrogen) atoms. The van der Waals surface area contributed by atoms with Gasteiger partial charge in [0.05, 0.1) is 21.6 Å². The van der Waals surface area contributed by atoms with Crippen LogP contribution in [0.5, 0.6) is 11.5 Å². The van der Waals surface area contributed by atoms with Gasteiger partial charge in [-0.25, -0.2) is 0 Å². The summed E-state index contributed by atoms with van der Waals surface area (Å²) in [5.74, 6) is -0.281. The first kappa shape index (κ1) is 15.1. The average molecular weight is 317 g/mol. The zero-order valence-corrected chi connectivity index (χ0v) is 10.9. The van der Waals surface area contributed by atoms with Crippen LogP contribution in [0.15, 0.2) is 36.4 Å². The number of benzene rings is 2. The molecule has 0 saturated carbocycles. The van der Waals surface area contributed by atoms with E-state index in [9.17, 15) is 23.3 Å². The summed E-state index contributed by atoms with van der Waals surface area (Å²) < 4.78 is 42.7. The summed E-state index contributed by atoms with van der Waals surface area (Å²) in [5.41, 5.74) is -1.37. The van der Waals surface area contributed by atoms with E-state index < -0.39 is 22.4 Å². The minimum Gasteiger partial charge on any atom is -0.449 e. The number of nitro groups is 1. The number of ether oxygens (including phenoxy) is 1. The standard InChI is InChI=1S/C13H6ClF3NO3/c14-9-7-8(13(15,16)17)5-6-11(9)21-12-4-2-1-3-10(12)18(19)20/h1-2,4-7H. The van der Waals surface area contributed by atoms with Gasteiger partial charge in [0, 0.05) is 0 Å². The molecule has 0 aliphatic rings. The van der Waals surface area contributed by atoms with Gasteiger partial charge in [0.1, 0.15) is 5.75 Å². The number of rotatable bonds is 3. The number of alkyl halides is 3. The molecule has 2 rings (SSSR count). The Morgan fingerprint density at radius 2 is 1.95 bits per heavy atom. The average Bonchev–Trinajstić information content (AvgIpc) is 2.40. The number of nitrogens with zero attached hydrogens (tertiary/aromatic N) is 1. The third-order valence-electron chi connectivity index (χ3n) is 2.46. The maximum absolute atomic E-state index is 12.5. The molecule has 0 aliphatic heterocycles. The van der Waals surface area contributed by atoms with Crippen molar-refractivity contribution in [1.29, 1.82) is 0 Å². The SMILES string of the molecule is O=[N+]([O-])c1[c]cccc1Oc1ccc(C(F)(F)F)cc1Cl. The van der Waals surface area contributed by atoms with Crippen molar-refractivity contribution in [2.75, 3.05) is 0 Å². The van der Waals surface area contributed by atoms with E-state index in [1.54, 1.807) is 0 Å². The molecule has 0 amide bonds. The molecule has 1 radical (unpaired) electrons. The Hall–Kier alpha value is -2.28. The van der Waals surface area contributed by atoms with Crippen LogP contribution < -0.4 is 4.74 Å². The molecule has 0 heterocycles. The van der Waals surface area contributed by atoms with Gasteiger partial charge in [0.15, 0.2) is 0 Å². The Kier molecular flexibility index (Phi) is 4.04. The van der Waals surface area contributed by atoms with Gasteiger partial charge < -0.3 is 4.74 Å². The summed E-state index contributed by atoms with van der Waals surface area (Å²) in [6.07, 6.45) is -4.53. The van der Waals surface area contributed by atoms with Crippen molar-refractivity contribution in [3.8, 4) is 11.5 Å². The lowest BCUT2D eigenvalue weighted by Crippen LogP contribution is -2.04. The van der Waals surface area contributed by atoms with Crippen LogP contribution in [0.25, 0.3) is 0 Å². The van der Waals surface area contributed by atoms with Crippen LogP contribution in [0.2, 0.25) is 5.02 Å². The van der Waals surface area contributed by atoms with Gasteiger partial charge in [-0.1, -0.05) is 17.7 Å². The monoisotopic (exact) mass is 316 g/mol. The lowest BCUT2D eigenvalue weighted by molar-refractivity contribution is -0.386. The third-order valence-corrected chi connectivity index (χ3v) is 2.75. The molecule has 0 spiro atoms. The van der Waals surface area contributed by atoms with Gasteiger partial charge in [-0.15, -0.1) is 0 Å². The maximum Gasteiger partial charge on any atom is 0.416 e. The number of hydrogen-bond acceptors (Lipinski definition) is 3. The van der Waals surface area contributed by atoms with Gasteiger partial charge in [0.25, 0.3) is 0 Å². The Morgan fingerprint density at radius 1 is 1.24 bits per heavy atom. The Balaban J connectivity index is 2.35.